The second-order valence-corrected chi connectivity index (χ2v) is 9.22. The van der Waals surface area contributed by atoms with E-state index in [9.17, 15) is 30.0 Å². The summed E-state index contributed by atoms with van der Waals surface area (Å²) in [6.45, 7) is 0.441. The van der Waals surface area contributed by atoms with Gasteiger partial charge in [0, 0.05) is 13.3 Å². The Bertz CT molecular complexity index is 624. The molecule has 0 aromatic rings. The van der Waals surface area contributed by atoms with E-state index in [2.05, 4.69) is 22.9 Å². The predicted octanol–water partition coefficient (Wildman–Crippen LogP) is -1.36. The number of nitrogens with two attached hydrogens (primary N) is 2. The lowest BCUT2D eigenvalue weighted by Crippen LogP contribution is -2.66. The maximum Gasteiger partial charge on any atom is 0.346 e. The Labute approximate surface area is 191 Å². The lowest BCUT2D eigenvalue weighted by atomic mass is 9.88. The van der Waals surface area contributed by atoms with E-state index in [1.54, 1.807) is 0 Å². The van der Waals surface area contributed by atoms with Crippen molar-refractivity contribution in [3.05, 3.63) is 0 Å². The summed E-state index contributed by atoms with van der Waals surface area (Å²) in [6.07, 6.45) is -1.32. The fourth-order valence-electron chi connectivity index (χ4n) is 3.40. The number of aliphatic imine (C=N–C) groups is 1. The van der Waals surface area contributed by atoms with Crippen molar-refractivity contribution in [1.82, 2.24) is 5.32 Å². The number of rotatable bonds is 13. The third kappa shape index (κ3) is 8.31. The number of aliphatic hydroxyl groups excluding tert-OH is 3. The Morgan fingerprint density at radius 2 is 1.94 bits per heavy atom. The van der Waals surface area contributed by atoms with Crippen LogP contribution >= 0.6 is 24.4 Å². The van der Waals surface area contributed by atoms with Gasteiger partial charge in [-0.05, 0) is 24.3 Å². The number of carboxylic acid groups (broad SMARTS) is 1. The first kappa shape index (κ1) is 27.8. The number of amides is 1. The van der Waals surface area contributed by atoms with Gasteiger partial charge in [-0.1, -0.05) is 12.8 Å². The molecule has 0 aliphatic carbocycles. The van der Waals surface area contributed by atoms with Crippen LogP contribution in [-0.2, 0) is 14.3 Å². The molecule has 6 atom stereocenters. The SMILES string of the molecule is CC(=O)N[C@H]1[C@H]([C@@H](O)[C@@H](O)CO)O[C@@](SCCCCCCS)(C(=O)O)C[C@@H]1N=C(N)N. The average molecular weight is 483 g/mol. The van der Waals surface area contributed by atoms with Crippen LogP contribution in [0, 0.1) is 0 Å². The van der Waals surface area contributed by atoms with E-state index in [-0.39, 0.29) is 12.4 Å². The molecule has 1 saturated heterocycles. The van der Waals surface area contributed by atoms with Gasteiger partial charge in [0.15, 0.2) is 5.96 Å². The second-order valence-electron chi connectivity index (χ2n) is 7.42. The number of nitrogens with one attached hydrogen (secondary N) is 1. The van der Waals surface area contributed by atoms with Crippen molar-refractivity contribution in [2.75, 3.05) is 18.1 Å². The summed E-state index contributed by atoms with van der Waals surface area (Å²) in [5.74, 6) is -0.856. The third-order valence-electron chi connectivity index (χ3n) is 4.89. The maximum atomic E-state index is 12.3. The van der Waals surface area contributed by atoms with Gasteiger partial charge in [-0.15, -0.1) is 11.8 Å². The molecule has 1 fully saturated rings. The highest BCUT2D eigenvalue weighted by atomic mass is 32.2. The van der Waals surface area contributed by atoms with Crippen LogP contribution in [0.1, 0.15) is 39.0 Å². The molecule has 1 aliphatic rings. The summed E-state index contributed by atoms with van der Waals surface area (Å²) in [4.78, 5) is 26.3. The van der Waals surface area contributed by atoms with E-state index in [0.29, 0.717) is 5.75 Å². The second kappa shape index (κ2) is 13.3. The number of hydrogen-bond donors (Lipinski definition) is 8. The molecule has 0 radical (unpaired) electrons. The third-order valence-corrected chi connectivity index (χ3v) is 6.60. The van der Waals surface area contributed by atoms with Gasteiger partial charge in [-0.25, -0.2) is 9.79 Å². The monoisotopic (exact) mass is 482 g/mol. The van der Waals surface area contributed by atoms with Gasteiger partial charge in [0.05, 0.1) is 18.7 Å². The summed E-state index contributed by atoms with van der Waals surface area (Å²) >= 11 is 5.21. The highest BCUT2D eigenvalue weighted by Crippen LogP contribution is 2.41. The highest BCUT2D eigenvalue weighted by Gasteiger charge is 2.55. The van der Waals surface area contributed by atoms with Crippen molar-refractivity contribution in [3.63, 3.8) is 0 Å². The molecule has 31 heavy (non-hydrogen) atoms. The van der Waals surface area contributed by atoms with Crippen LogP contribution in [0.15, 0.2) is 4.99 Å². The van der Waals surface area contributed by atoms with Crippen molar-refractivity contribution < 1.29 is 34.8 Å². The van der Waals surface area contributed by atoms with Crippen molar-refractivity contribution in [2.45, 2.75) is 74.4 Å². The summed E-state index contributed by atoms with van der Waals surface area (Å²) in [6, 6.07) is -1.97. The zero-order valence-corrected chi connectivity index (χ0v) is 19.2. The Balaban J connectivity index is 3.22. The Hall–Kier alpha value is -1.25. The normalized spacial score (nSPS) is 27.8. The number of carboxylic acids is 1. The first-order valence-electron chi connectivity index (χ1n) is 10.1. The van der Waals surface area contributed by atoms with E-state index in [0.717, 1.165) is 43.2 Å². The molecule has 0 aromatic carbocycles. The van der Waals surface area contributed by atoms with E-state index in [1.165, 1.54) is 6.92 Å². The number of hydrogen-bond acceptors (Lipinski definition) is 9. The lowest BCUT2D eigenvalue weighted by Gasteiger charge is -2.47. The molecular formula is C18H34N4O7S2. The van der Waals surface area contributed by atoms with Crippen LogP contribution in [0.5, 0.6) is 0 Å². The molecule has 180 valence electrons. The van der Waals surface area contributed by atoms with Crippen LogP contribution < -0.4 is 16.8 Å². The van der Waals surface area contributed by atoms with Crippen molar-refractivity contribution in [2.24, 2.45) is 16.5 Å². The molecule has 1 aliphatic heterocycles. The number of thiol groups is 1. The van der Waals surface area contributed by atoms with Crippen molar-refractivity contribution in [3.8, 4) is 0 Å². The highest BCUT2D eigenvalue weighted by molar-refractivity contribution is 8.01. The molecule has 0 spiro atoms. The van der Waals surface area contributed by atoms with Gasteiger partial charge in [0.2, 0.25) is 10.8 Å². The number of nitrogens with zero attached hydrogens (tertiary/aromatic N) is 1. The molecule has 0 aromatic heterocycles. The summed E-state index contributed by atoms with van der Waals surface area (Å²) in [5.41, 5.74) is 11.0. The largest absolute Gasteiger partial charge is 0.478 e. The quantitative estimate of drug-likeness (QED) is 0.0670. The molecular weight excluding hydrogens is 448 g/mol. The van der Waals surface area contributed by atoms with Crippen molar-refractivity contribution in [1.29, 1.82) is 0 Å². The number of aliphatic hydroxyl groups is 3. The number of unbranched alkanes of at least 4 members (excludes halogenated alkanes) is 3. The van der Waals surface area contributed by atoms with Crippen LogP contribution in [0.4, 0.5) is 0 Å². The topological polar surface area (TPSA) is 201 Å². The predicted molar refractivity (Wildman–Crippen MR) is 121 cm³/mol. The van der Waals surface area contributed by atoms with Crippen LogP contribution in [0.3, 0.4) is 0 Å². The molecule has 11 nitrogen and oxygen atoms in total. The number of guanidine groups is 1. The summed E-state index contributed by atoms with van der Waals surface area (Å²) in [7, 11) is 0. The van der Waals surface area contributed by atoms with E-state index < -0.39 is 53.8 Å². The Morgan fingerprint density at radius 3 is 2.45 bits per heavy atom. The van der Waals surface area contributed by atoms with E-state index >= 15 is 0 Å². The summed E-state index contributed by atoms with van der Waals surface area (Å²) < 4.78 is 5.84. The summed E-state index contributed by atoms with van der Waals surface area (Å²) in [5, 5.41) is 42.3. The van der Waals surface area contributed by atoms with Gasteiger partial charge in [0.1, 0.15) is 18.3 Å². The van der Waals surface area contributed by atoms with Crippen molar-refractivity contribution >= 4 is 42.2 Å². The number of aliphatic carboxylic acids is 1. The standard InChI is InChI=1S/C18H34N4O7S2/c1-10(24)21-13-11(22-17(19)20)8-18(16(27)28,31-7-5-3-2-4-6-30)29-15(13)14(26)12(25)9-23/h11-15,23,25-26,30H,2-9H2,1H3,(H,21,24)(H,27,28)(H4,19,20,22)/t11-,12-,13+,14-,15+,18-/m0/s1. The van der Waals surface area contributed by atoms with E-state index in [4.69, 9.17) is 16.2 Å². The minimum Gasteiger partial charge on any atom is -0.478 e. The number of thioether (sulfide) groups is 1. The minimum atomic E-state index is -1.82. The number of carbonyl (C=O) groups excluding carboxylic acids is 1. The van der Waals surface area contributed by atoms with Crippen LogP contribution in [0.2, 0.25) is 0 Å². The van der Waals surface area contributed by atoms with Gasteiger partial charge < -0.3 is 41.9 Å². The number of ether oxygens (including phenoxy) is 1. The molecule has 1 amide bonds. The molecule has 1 rings (SSSR count). The fourth-order valence-corrected chi connectivity index (χ4v) is 4.89. The van der Waals surface area contributed by atoms with Gasteiger partial charge in [0.25, 0.3) is 0 Å². The van der Waals surface area contributed by atoms with Gasteiger partial charge >= 0.3 is 5.97 Å². The zero-order chi connectivity index (χ0) is 23.6. The van der Waals surface area contributed by atoms with Crippen LogP contribution in [0.25, 0.3) is 0 Å². The average Bonchev–Trinajstić information content (AvgIpc) is 2.70. The fraction of sp³-hybridized carbons (Fsp3) is 0.833. The Kier molecular flexibility index (Phi) is 11.9. The molecule has 13 heteroatoms. The number of carbonyl (C=O) groups is 2. The smallest absolute Gasteiger partial charge is 0.346 e. The molecule has 0 unspecified atom stereocenters. The lowest BCUT2D eigenvalue weighted by molar-refractivity contribution is -0.191. The van der Waals surface area contributed by atoms with E-state index in [1.807, 2.05) is 0 Å². The molecule has 9 N–H and O–H groups in total. The molecule has 0 saturated carbocycles. The Morgan fingerprint density at radius 1 is 1.29 bits per heavy atom. The zero-order valence-electron chi connectivity index (χ0n) is 17.5. The van der Waals surface area contributed by atoms with Gasteiger partial charge in [-0.3, -0.25) is 4.79 Å². The molecule has 0 bridgehead atoms. The van der Waals surface area contributed by atoms with Crippen LogP contribution in [-0.4, -0.2) is 91.7 Å². The first-order valence-corrected chi connectivity index (χ1v) is 11.7. The first-order chi connectivity index (χ1) is 14.6. The van der Waals surface area contributed by atoms with Gasteiger partial charge in [-0.2, -0.15) is 12.6 Å². The maximum absolute atomic E-state index is 12.3. The minimum absolute atomic E-state index is 0.176. The molecule has 1 heterocycles.